The lowest BCUT2D eigenvalue weighted by molar-refractivity contribution is 0.0933. The SMILES string of the molecule is O=C(NCC1CCCC1CO)c1ccc(Cl)cc1F. The molecule has 1 aromatic carbocycles. The Kier molecular flexibility index (Phi) is 4.77. The topological polar surface area (TPSA) is 49.3 Å². The van der Waals surface area contributed by atoms with Gasteiger partial charge in [-0.05, 0) is 42.9 Å². The number of halogens is 2. The summed E-state index contributed by atoms with van der Waals surface area (Å²) in [5.41, 5.74) is 0.00273. The Bertz CT molecular complexity index is 467. The van der Waals surface area contributed by atoms with Gasteiger partial charge in [0.2, 0.25) is 0 Å². The quantitative estimate of drug-likeness (QED) is 0.893. The molecule has 1 fully saturated rings. The number of nitrogens with one attached hydrogen (secondary N) is 1. The molecule has 3 nitrogen and oxygen atoms in total. The molecule has 0 saturated heterocycles. The molecule has 104 valence electrons. The lowest BCUT2D eigenvalue weighted by Crippen LogP contribution is -2.32. The van der Waals surface area contributed by atoms with Crippen LogP contribution in [0.4, 0.5) is 4.39 Å². The highest BCUT2D eigenvalue weighted by Gasteiger charge is 2.27. The number of carbonyl (C=O) groups excluding carboxylic acids is 1. The molecule has 0 radical (unpaired) electrons. The molecule has 1 aliphatic carbocycles. The fourth-order valence-electron chi connectivity index (χ4n) is 2.62. The van der Waals surface area contributed by atoms with Gasteiger partial charge in [-0.2, -0.15) is 0 Å². The molecular formula is C14H17ClFNO2. The van der Waals surface area contributed by atoms with Crippen LogP contribution in [0.3, 0.4) is 0 Å². The van der Waals surface area contributed by atoms with Crippen molar-refractivity contribution in [2.75, 3.05) is 13.2 Å². The standard InChI is InChI=1S/C14H17ClFNO2/c15-11-4-5-12(13(16)6-11)14(19)17-7-9-2-1-3-10(9)8-18/h4-6,9-10,18H,1-3,7-8H2,(H,17,19). The van der Waals surface area contributed by atoms with E-state index in [4.69, 9.17) is 11.6 Å². The van der Waals surface area contributed by atoms with Crippen molar-refractivity contribution < 1.29 is 14.3 Å². The van der Waals surface area contributed by atoms with Gasteiger partial charge in [0.1, 0.15) is 5.82 Å². The zero-order valence-corrected chi connectivity index (χ0v) is 11.3. The third kappa shape index (κ3) is 3.45. The van der Waals surface area contributed by atoms with Gasteiger partial charge >= 0.3 is 0 Å². The molecule has 1 aliphatic rings. The summed E-state index contributed by atoms with van der Waals surface area (Å²) in [7, 11) is 0. The molecule has 1 saturated carbocycles. The van der Waals surface area contributed by atoms with Gasteiger partial charge in [-0.1, -0.05) is 18.0 Å². The second-order valence-electron chi connectivity index (χ2n) is 4.97. The minimum Gasteiger partial charge on any atom is -0.396 e. The number of aliphatic hydroxyl groups excluding tert-OH is 1. The van der Waals surface area contributed by atoms with Gasteiger partial charge in [-0.15, -0.1) is 0 Å². The van der Waals surface area contributed by atoms with Crippen LogP contribution in [0.1, 0.15) is 29.6 Å². The molecule has 0 spiro atoms. The van der Waals surface area contributed by atoms with E-state index in [1.165, 1.54) is 12.1 Å². The summed E-state index contributed by atoms with van der Waals surface area (Å²) < 4.78 is 13.6. The molecule has 0 bridgehead atoms. The monoisotopic (exact) mass is 285 g/mol. The predicted octanol–water partition coefficient (Wildman–Crippen LogP) is 2.62. The third-order valence-electron chi connectivity index (χ3n) is 3.75. The maximum Gasteiger partial charge on any atom is 0.254 e. The number of rotatable bonds is 4. The highest BCUT2D eigenvalue weighted by atomic mass is 35.5. The number of carbonyl (C=O) groups is 1. The Morgan fingerprint density at radius 2 is 2.16 bits per heavy atom. The van der Waals surface area contributed by atoms with E-state index in [0.29, 0.717) is 6.54 Å². The molecular weight excluding hydrogens is 269 g/mol. The molecule has 1 amide bonds. The number of aliphatic hydroxyl groups is 1. The first-order chi connectivity index (χ1) is 9.11. The van der Waals surface area contributed by atoms with Gasteiger partial charge in [0.15, 0.2) is 0 Å². The number of hydrogen-bond acceptors (Lipinski definition) is 2. The van der Waals surface area contributed by atoms with Crippen LogP contribution in [0.25, 0.3) is 0 Å². The van der Waals surface area contributed by atoms with Gasteiger partial charge in [-0.3, -0.25) is 4.79 Å². The minimum atomic E-state index is -0.616. The van der Waals surface area contributed by atoms with E-state index < -0.39 is 11.7 Å². The summed E-state index contributed by atoms with van der Waals surface area (Å²) in [6.45, 7) is 0.627. The normalized spacial score (nSPS) is 22.5. The van der Waals surface area contributed by atoms with E-state index in [2.05, 4.69) is 5.32 Å². The van der Waals surface area contributed by atoms with Crippen molar-refractivity contribution in [2.45, 2.75) is 19.3 Å². The molecule has 19 heavy (non-hydrogen) atoms. The van der Waals surface area contributed by atoms with Gasteiger partial charge in [0.25, 0.3) is 5.91 Å². The van der Waals surface area contributed by atoms with Crippen LogP contribution in [0.5, 0.6) is 0 Å². The molecule has 5 heteroatoms. The Morgan fingerprint density at radius 1 is 1.42 bits per heavy atom. The van der Waals surface area contributed by atoms with E-state index in [1.54, 1.807) is 0 Å². The molecule has 2 unspecified atom stereocenters. The van der Waals surface area contributed by atoms with Crippen molar-refractivity contribution in [3.63, 3.8) is 0 Å². The molecule has 1 aromatic rings. The van der Waals surface area contributed by atoms with Crippen molar-refractivity contribution >= 4 is 17.5 Å². The maximum atomic E-state index is 13.6. The van der Waals surface area contributed by atoms with Gasteiger partial charge in [0, 0.05) is 18.2 Å². The maximum absolute atomic E-state index is 13.6. The largest absolute Gasteiger partial charge is 0.396 e. The summed E-state index contributed by atoms with van der Waals surface area (Å²) in [5, 5.41) is 12.2. The summed E-state index contributed by atoms with van der Waals surface area (Å²) in [5.74, 6) is -0.521. The summed E-state index contributed by atoms with van der Waals surface area (Å²) in [6.07, 6.45) is 3.06. The Hall–Kier alpha value is -1.13. The zero-order chi connectivity index (χ0) is 13.8. The lowest BCUT2D eigenvalue weighted by atomic mass is 9.97. The van der Waals surface area contributed by atoms with Crippen LogP contribution in [0.2, 0.25) is 5.02 Å². The summed E-state index contributed by atoms with van der Waals surface area (Å²) in [6, 6.07) is 4.00. The first-order valence-electron chi connectivity index (χ1n) is 6.46. The van der Waals surface area contributed by atoms with E-state index in [0.717, 1.165) is 25.3 Å². The van der Waals surface area contributed by atoms with E-state index in [1.807, 2.05) is 0 Å². The molecule has 0 heterocycles. The average molecular weight is 286 g/mol. The second kappa shape index (κ2) is 6.35. The van der Waals surface area contributed by atoms with Crippen molar-refractivity contribution in [3.05, 3.63) is 34.6 Å². The van der Waals surface area contributed by atoms with E-state index >= 15 is 0 Å². The van der Waals surface area contributed by atoms with Crippen LogP contribution in [0, 0.1) is 17.7 Å². The Morgan fingerprint density at radius 3 is 2.84 bits per heavy atom. The third-order valence-corrected chi connectivity index (χ3v) is 3.99. The summed E-state index contributed by atoms with van der Waals surface area (Å²) in [4.78, 5) is 11.9. The fourth-order valence-corrected chi connectivity index (χ4v) is 2.77. The molecule has 0 aromatic heterocycles. The summed E-state index contributed by atoms with van der Waals surface area (Å²) >= 11 is 5.64. The highest BCUT2D eigenvalue weighted by molar-refractivity contribution is 6.30. The number of benzene rings is 1. The van der Waals surface area contributed by atoms with Gasteiger partial charge in [-0.25, -0.2) is 4.39 Å². The van der Waals surface area contributed by atoms with Gasteiger partial charge < -0.3 is 10.4 Å². The first-order valence-corrected chi connectivity index (χ1v) is 6.83. The fraction of sp³-hybridized carbons (Fsp3) is 0.500. The van der Waals surface area contributed by atoms with Crippen molar-refractivity contribution in [3.8, 4) is 0 Å². The van der Waals surface area contributed by atoms with Crippen molar-refractivity contribution in [2.24, 2.45) is 11.8 Å². The minimum absolute atomic E-state index is 0.00273. The van der Waals surface area contributed by atoms with Crippen LogP contribution >= 0.6 is 11.6 Å². The van der Waals surface area contributed by atoms with E-state index in [-0.39, 0.29) is 29.0 Å². The number of hydrogen-bond donors (Lipinski definition) is 2. The molecule has 2 rings (SSSR count). The highest BCUT2D eigenvalue weighted by Crippen LogP contribution is 2.30. The lowest BCUT2D eigenvalue weighted by Gasteiger charge is -2.17. The predicted molar refractivity (Wildman–Crippen MR) is 71.7 cm³/mol. The smallest absolute Gasteiger partial charge is 0.254 e. The first kappa shape index (κ1) is 14.3. The molecule has 2 N–H and O–H groups in total. The molecule has 0 aliphatic heterocycles. The van der Waals surface area contributed by atoms with Crippen molar-refractivity contribution in [1.29, 1.82) is 0 Å². The number of amides is 1. The van der Waals surface area contributed by atoms with Crippen molar-refractivity contribution in [1.82, 2.24) is 5.32 Å². The second-order valence-corrected chi connectivity index (χ2v) is 5.40. The van der Waals surface area contributed by atoms with Gasteiger partial charge in [0.05, 0.1) is 5.56 Å². The van der Waals surface area contributed by atoms with Crippen LogP contribution in [-0.2, 0) is 0 Å². The average Bonchev–Trinajstić information content (AvgIpc) is 2.83. The van der Waals surface area contributed by atoms with Crippen LogP contribution in [0.15, 0.2) is 18.2 Å². The van der Waals surface area contributed by atoms with Crippen LogP contribution in [-0.4, -0.2) is 24.2 Å². The Labute approximate surface area is 116 Å². The van der Waals surface area contributed by atoms with Crippen LogP contribution < -0.4 is 5.32 Å². The Balaban J connectivity index is 1.94. The zero-order valence-electron chi connectivity index (χ0n) is 10.5. The van der Waals surface area contributed by atoms with E-state index in [9.17, 15) is 14.3 Å². The molecule has 2 atom stereocenters.